The first kappa shape index (κ1) is 14.1. The summed E-state index contributed by atoms with van der Waals surface area (Å²) in [5, 5.41) is 8.83. The Morgan fingerprint density at radius 1 is 1.53 bits per heavy atom. The van der Waals surface area contributed by atoms with E-state index in [0.717, 1.165) is 25.0 Å². The number of rotatable bonds is 4. The summed E-state index contributed by atoms with van der Waals surface area (Å²) in [6.45, 7) is 1.96. The Labute approximate surface area is 113 Å². The molecular formula is C13H15FO4S. The number of halogens is 1. The van der Waals surface area contributed by atoms with Crippen LogP contribution in [0.4, 0.5) is 4.39 Å². The Kier molecular flexibility index (Phi) is 4.31. The molecule has 0 spiro atoms. The van der Waals surface area contributed by atoms with Gasteiger partial charge in [0.2, 0.25) is 0 Å². The first-order valence-electron chi connectivity index (χ1n) is 6.04. The first-order chi connectivity index (χ1) is 8.97. The number of hydrogen-bond acceptors (Lipinski definition) is 3. The SMILES string of the molecule is CC1CCC(CS(=O)c2ccc(F)c(C(=O)O)c2)O1. The Hall–Kier alpha value is -1.27. The van der Waals surface area contributed by atoms with Crippen molar-refractivity contribution in [2.24, 2.45) is 0 Å². The van der Waals surface area contributed by atoms with Gasteiger partial charge in [0.15, 0.2) is 0 Å². The van der Waals surface area contributed by atoms with Crippen LogP contribution in [-0.2, 0) is 15.5 Å². The topological polar surface area (TPSA) is 63.6 Å². The van der Waals surface area contributed by atoms with Crippen LogP contribution in [0.2, 0.25) is 0 Å². The van der Waals surface area contributed by atoms with Crippen molar-refractivity contribution in [3.8, 4) is 0 Å². The van der Waals surface area contributed by atoms with Crippen molar-refractivity contribution < 1.29 is 23.2 Å². The fourth-order valence-corrected chi connectivity index (χ4v) is 3.33. The average Bonchev–Trinajstić information content (AvgIpc) is 2.74. The smallest absolute Gasteiger partial charge is 0.338 e. The molecule has 4 nitrogen and oxygen atoms in total. The molecule has 1 heterocycles. The van der Waals surface area contributed by atoms with Gasteiger partial charge in [-0.1, -0.05) is 0 Å². The highest BCUT2D eigenvalue weighted by Gasteiger charge is 2.24. The molecule has 1 fully saturated rings. The molecule has 3 atom stereocenters. The Morgan fingerprint density at radius 2 is 2.26 bits per heavy atom. The van der Waals surface area contributed by atoms with Gasteiger partial charge in [0, 0.05) is 4.90 Å². The molecule has 3 unspecified atom stereocenters. The number of carboxylic acids is 1. The Bertz CT molecular complexity index is 517. The maximum absolute atomic E-state index is 13.2. The average molecular weight is 286 g/mol. The maximum Gasteiger partial charge on any atom is 0.338 e. The van der Waals surface area contributed by atoms with Gasteiger partial charge in [0.1, 0.15) is 5.82 Å². The zero-order chi connectivity index (χ0) is 14.0. The summed E-state index contributed by atoms with van der Waals surface area (Å²) in [7, 11) is -1.38. The third-order valence-corrected chi connectivity index (χ3v) is 4.54. The highest BCUT2D eigenvalue weighted by molar-refractivity contribution is 7.85. The summed E-state index contributed by atoms with van der Waals surface area (Å²) in [4.78, 5) is 11.1. The lowest BCUT2D eigenvalue weighted by Crippen LogP contribution is -2.17. The molecule has 1 N–H and O–H groups in total. The zero-order valence-corrected chi connectivity index (χ0v) is 11.3. The van der Waals surface area contributed by atoms with Crippen molar-refractivity contribution in [2.45, 2.75) is 36.9 Å². The van der Waals surface area contributed by atoms with Crippen LogP contribution >= 0.6 is 0 Å². The fraction of sp³-hybridized carbons (Fsp3) is 0.462. The van der Waals surface area contributed by atoms with E-state index in [0.29, 0.717) is 10.6 Å². The summed E-state index contributed by atoms with van der Waals surface area (Å²) in [6, 6.07) is 3.53. The predicted molar refractivity (Wildman–Crippen MR) is 68.2 cm³/mol. The predicted octanol–water partition coefficient (Wildman–Crippen LogP) is 2.20. The van der Waals surface area contributed by atoms with Crippen LogP contribution in [0.1, 0.15) is 30.1 Å². The van der Waals surface area contributed by atoms with Crippen molar-refractivity contribution in [3.63, 3.8) is 0 Å². The van der Waals surface area contributed by atoms with Crippen LogP contribution in [0.25, 0.3) is 0 Å². The summed E-state index contributed by atoms with van der Waals surface area (Å²) >= 11 is 0. The third-order valence-electron chi connectivity index (χ3n) is 3.09. The van der Waals surface area contributed by atoms with E-state index in [1.807, 2.05) is 6.92 Å². The van der Waals surface area contributed by atoms with Crippen molar-refractivity contribution in [2.75, 3.05) is 5.75 Å². The molecule has 0 radical (unpaired) electrons. The van der Waals surface area contributed by atoms with E-state index in [2.05, 4.69) is 0 Å². The van der Waals surface area contributed by atoms with Crippen LogP contribution in [0, 0.1) is 5.82 Å². The van der Waals surface area contributed by atoms with Crippen LogP contribution < -0.4 is 0 Å². The number of ether oxygens (including phenoxy) is 1. The molecule has 19 heavy (non-hydrogen) atoms. The Morgan fingerprint density at radius 3 is 2.84 bits per heavy atom. The highest BCUT2D eigenvalue weighted by atomic mass is 32.2. The monoisotopic (exact) mass is 286 g/mol. The summed E-state index contributed by atoms with van der Waals surface area (Å²) in [6.07, 6.45) is 1.88. The van der Waals surface area contributed by atoms with Gasteiger partial charge in [0.25, 0.3) is 0 Å². The number of aromatic carboxylic acids is 1. The summed E-state index contributed by atoms with van der Waals surface area (Å²) in [5.41, 5.74) is -0.452. The fourth-order valence-electron chi connectivity index (χ4n) is 2.08. The molecule has 1 aliphatic rings. The molecule has 2 rings (SSSR count). The third kappa shape index (κ3) is 3.39. The summed E-state index contributed by atoms with van der Waals surface area (Å²) in [5.74, 6) is -1.87. The van der Waals surface area contributed by atoms with E-state index in [1.54, 1.807) is 0 Å². The minimum absolute atomic E-state index is 0.0748. The molecule has 1 saturated heterocycles. The molecule has 6 heteroatoms. The molecule has 0 saturated carbocycles. The van der Waals surface area contributed by atoms with Crippen LogP contribution in [0.3, 0.4) is 0 Å². The first-order valence-corrected chi connectivity index (χ1v) is 7.36. The van der Waals surface area contributed by atoms with E-state index >= 15 is 0 Å². The lowest BCUT2D eigenvalue weighted by Gasteiger charge is -2.11. The van der Waals surface area contributed by atoms with Gasteiger partial charge in [0.05, 0.1) is 34.3 Å². The van der Waals surface area contributed by atoms with Crippen LogP contribution in [0.5, 0.6) is 0 Å². The van der Waals surface area contributed by atoms with Gasteiger partial charge in [-0.05, 0) is 38.0 Å². The molecular weight excluding hydrogens is 271 g/mol. The van der Waals surface area contributed by atoms with Crippen LogP contribution in [0.15, 0.2) is 23.1 Å². The van der Waals surface area contributed by atoms with E-state index in [9.17, 15) is 13.4 Å². The van der Waals surface area contributed by atoms with Gasteiger partial charge in [-0.2, -0.15) is 0 Å². The van der Waals surface area contributed by atoms with Gasteiger partial charge in [-0.15, -0.1) is 0 Å². The van der Waals surface area contributed by atoms with Gasteiger partial charge >= 0.3 is 5.97 Å². The minimum Gasteiger partial charge on any atom is -0.478 e. The molecule has 0 aromatic heterocycles. The number of carboxylic acid groups (broad SMARTS) is 1. The molecule has 0 amide bonds. The number of hydrogen-bond donors (Lipinski definition) is 1. The maximum atomic E-state index is 13.2. The van der Waals surface area contributed by atoms with Gasteiger partial charge in [-0.3, -0.25) is 4.21 Å². The number of benzene rings is 1. The van der Waals surface area contributed by atoms with Crippen molar-refractivity contribution in [1.82, 2.24) is 0 Å². The van der Waals surface area contributed by atoms with Crippen molar-refractivity contribution in [3.05, 3.63) is 29.6 Å². The van der Waals surface area contributed by atoms with E-state index in [-0.39, 0.29) is 12.2 Å². The molecule has 1 aromatic carbocycles. The second-order valence-electron chi connectivity index (χ2n) is 4.61. The molecule has 0 bridgehead atoms. The normalized spacial score (nSPS) is 24.3. The standard InChI is InChI=1S/C13H15FO4S/c1-8-2-3-9(18-8)7-19(17)10-4-5-12(14)11(6-10)13(15)16/h4-6,8-9H,2-3,7H2,1H3,(H,15,16). The van der Waals surface area contributed by atoms with Crippen molar-refractivity contribution in [1.29, 1.82) is 0 Å². The van der Waals surface area contributed by atoms with E-state index in [1.165, 1.54) is 6.07 Å². The lowest BCUT2D eigenvalue weighted by atomic mass is 10.2. The highest BCUT2D eigenvalue weighted by Crippen LogP contribution is 2.22. The quantitative estimate of drug-likeness (QED) is 0.921. The molecule has 104 valence electrons. The van der Waals surface area contributed by atoms with Crippen molar-refractivity contribution >= 4 is 16.8 Å². The molecule has 0 aliphatic carbocycles. The largest absolute Gasteiger partial charge is 0.478 e. The molecule has 1 aromatic rings. The zero-order valence-electron chi connectivity index (χ0n) is 10.5. The second kappa shape index (κ2) is 5.79. The lowest BCUT2D eigenvalue weighted by molar-refractivity contribution is 0.0689. The second-order valence-corrected chi connectivity index (χ2v) is 6.10. The Balaban J connectivity index is 2.11. The summed E-state index contributed by atoms with van der Waals surface area (Å²) < 4.78 is 30.9. The van der Waals surface area contributed by atoms with Gasteiger partial charge < -0.3 is 9.84 Å². The minimum atomic E-state index is -1.38. The van der Waals surface area contributed by atoms with Crippen LogP contribution in [-0.4, -0.2) is 33.2 Å². The van der Waals surface area contributed by atoms with E-state index < -0.39 is 28.1 Å². The van der Waals surface area contributed by atoms with Gasteiger partial charge in [-0.25, -0.2) is 9.18 Å². The number of carbonyl (C=O) groups is 1. The van der Waals surface area contributed by atoms with E-state index in [4.69, 9.17) is 9.84 Å². The molecule has 1 aliphatic heterocycles.